The summed E-state index contributed by atoms with van der Waals surface area (Å²) in [7, 11) is 0. The number of hydrogen-bond acceptors (Lipinski definition) is 5. The molecule has 8 heteroatoms. The Morgan fingerprint density at radius 1 is 1.09 bits per heavy atom. The Bertz CT molecular complexity index is 1380. The van der Waals surface area contributed by atoms with Crippen molar-refractivity contribution >= 4 is 35.0 Å². The first-order valence-corrected chi connectivity index (χ1v) is 11.5. The fourth-order valence-electron chi connectivity index (χ4n) is 3.36. The number of aromatic nitrogens is 3. The summed E-state index contributed by atoms with van der Waals surface area (Å²) in [5.41, 5.74) is 4.72. The number of nitrogens with zero attached hydrogens (tertiary/aromatic N) is 4. The predicted molar refractivity (Wildman–Crippen MR) is 132 cm³/mol. The molecule has 1 heterocycles. The average molecular weight is 474 g/mol. The topological polar surface area (TPSA) is 83.6 Å². The summed E-state index contributed by atoms with van der Waals surface area (Å²) in [6, 6.07) is 22.6. The maximum atomic E-state index is 12.6. The van der Waals surface area contributed by atoms with Gasteiger partial charge in [0.05, 0.1) is 27.7 Å². The monoisotopic (exact) mass is 473 g/mol. The van der Waals surface area contributed by atoms with Crippen molar-refractivity contribution in [2.24, 2.45) is 0 Å². The van der Waals surface area contributed by atoms with Gasteiger partial charge >= 0.3 is 0 Å². The summed E-state index contributed by atoms with van der Waals surface area (Å²) in [6.45, 7) is 4.04. The number of halogens is 1. The molecule has 4 aromatic rings. The van der Waals surface area contributed by atoms with Gasteiger partial charge in [-0.2, -0.15) is 5.26 Å². The van der Waals surface area contributed by atoms with Crippen molar-refractivity contribution in [3.8, 4) is 23.1 Å². The van der Waals surface area contributed by atoms with Crippen LogP contribution in [0.3, 0.4) is 0 Å². The lowest BCUT2D eigenvalue weighted by molar-refractivity contribution is -0.113. The molecule has 0 unspecified atom stereocenters. The van der Waals surface area contributed by atoms with Crippen LogP contribution in [0, 0.1) is 25.2 Å². The van der Waals surface area contributed by atoms with Crippen LogP contribution in [0.25, 0.3) is 17.1 Å². The van der Waals surface area contributed by atoms with Crippen molar-refractivity contribution in [1.82, 2.24) is 14.8 Å². The number of carbonyl (C=O) groups is 1. The third-order valence-electron chi connectivity index (χ3n) is 5.01. The summed E-state index contributed by atoms with van der Waals surface area (Å²) in [6.07, 6.45) is 0. The van der Waals surface area contributed by atoms with Gasteiger partial charge < -0.3 is 5.32 Å². The number of hydrogen-bond donors (Lipinski definition) is 1. The van der Waals surface area contributed by atoms with E-state index in [1.54, 1.807) is 24.3 Å². The minimum absolute atomic E-state index is 0.102. The van der Waals surface area contributed by atoms with Crippen LogP contribution in [-0.2, 0) is 4.79 Å². The van der Waals surface area contributed by atoms with Gasteiger partial charge in [-0.05, 0) is 55.3 Å². The van der Waals surface area contributed by atoms with E-state index in [-0.39, 0.29) is 11.7 Å². The zero-order chi connectivity index (χ0) is 23.4. The molecule has 0 saturated heterocycles. The number of amides is 1. The number of nitriles is 1. The molecule has 164 valence electrons. The fraction of sp³-hybridized carbons (Fsp3) is 0.120. The molecule has 1 N–H and O–H groups in total. The van der Waals surface area contributed by atoms with E-state index in [4.69, 9.17) is 11.6 Å². The third kappa shape index (κ3) is 4.92. The Hall–Kier alpha value is -3.60. The van der Waals surface area contributed by atoms with Crippen LogP contribution in [0.4, 0.5) is 5.69 Å². The van der Waals surface area contributed by atoms with Gasteiger partial charge in [-0.25, -0.2) is 0 Å². The van der Waals surface area contributed by atoms with Crippen molar-refractivity contribution in [1.29, 1.82) is 5.26 Å². The van der Waals surface area contributed by atoms with Gasteiger partial charge in [0.25, 0.3) is 0 Å². The van der Waals surface area contributed by atoms with E-state index in [1.807, 2.05) is 54.8 Å². The lowest BCUT2D eigenvalue weighted by Gasteiger charge is -2.14. The van der Waals surface area contributed by atoms with Crippen LogP contribution < -0.4 is 5.32 Å². The molecule has 0 radical (unpaired) electrons. The Morgan fingerprint density at radius 3 is 2.64 bits per heavy atom. The smallest absolute Gasteiger partial charge is 0.234 e. The summed E-state index contributed by atoms with van der Waals surface area (Å²) < 4.78 is 1.94. The zero-order valence-corrected chi connectivity index (χ0v) is 19.6. The number of aryl methyl sites for hydroxylation is 2. The Kier molecular flexibility index (Phi) is 6.78. The number of carbonyl (C=O) groups excluding carboxylic acids is 1. The molecule has 0 aliphatic rings. The second kappa shape index (κ2) is 9.90. The summed E-state index contributed by atoms with van der Waals surface area (Å²) >= 11 is 7.74. The first kappa shape index (κ1) is 22.6. The summed E-state index contributed by atoms with van der Waals surface area (Å²) in [5, 5.41) is 22.0. The van der Waals surface area contributed by atoms with Crippen LogP contribution >= 0.6 is 23.4 Å². The lowest BCUT2D eigenvalue weighted by atomic mass is 10.1. The molecule has 0 fully saturated rings. The quantitative estimate of drug-likeness (QED) is 0.357. The molecular formula is C25H20ClN5OS. The van der Waals surface area contributed by atoms with Crippen LogP contribution in [0.1, 0.15) is 16.7 Å². The van der Waals surface area contributed by atoms with E-state index in [1.165, 1.54) is 11.8 Å². The molecule has 1 aromatic heterocycles. The molecule has 0 saturated carbocycles. The van der Waals surface area contributed by atoms with Crippen molar-refractivity contribution < 1.29 is 4.79 Å². The number of anilines is 1. The number of benzene rings is 3. The average Bonchev–Trinajstić information content (AvgIpc) is 3.23. The van der Waals surface area contributed by atoms with Gasteiger partial charge in [-0.1, -0.05) is 59.8 Å². The van der Waals surface area contributed by atoms with Gasteiger partial charge in [0.2, 0.25) is 5.91 Å². The minimum Gasteiger partial charge on any atom is -0.324 e. The fourth-order valence-corrected chi connectivity index (χ4v) is 4.33. The van der Waals surface area contributed by atoms with Crippen LogP contribution in [-0.4, -0.2) is 26.4 Å². The van der Waals surface area contributed by atoms with E-state index in [0.717, 1.165) is 22.4 Å². The molecule has 6 nitrogen and oxygen atoms in total. The molecular weight excluding hydrogens is 454 g/mol. The van der Waals surface area contributed by atoms with Gasteiger partial charge in [-0.3, -0.25) is 9.36 Å². The lowest BCUT2D eigenvalue weighted by Crippen LogP contribution is -2.15. The normalized spacial score (nSPS) is 10.6. The van der Waals surface area contributed by atoms with E-state index in [9.17, 15) is 10.1 Å². The highest BCUT2D eigenvalue weighted by atomic mass is 35.5. The second-order valence-corrected chi connectivity index (χ2v) is 8.76. The van der Waals surface area contributed by atoms with E-state index < -0.39 is 0 Å². The van der Waals surface area contributed by atoms with E-state index >= 15 is 0 Å². The molecule has 0 bridgehead atoms. The van der Waals surface area contributed by atoms with E-state index in [0.29, 0.717) is 27.3 Å². The molecule has 0 aliphatic carbocycles. The summed E-state index contributed by atoms with van der Waals surface area (Å²) in [5.74, 6) is 0.468. The maximum absolute atomic E-state index is 12.6. The number of para-hydroxylation sites is 1. The highest BCUT2D eigenvalue weighted by Crippen LogP contribution is 2.33. The van der Waals surface area contributed by atoms with Crippen molar-refractivity contribution in [2.75, 3.05) is 11.1 Å². The Balaban J connectivity index is 1.67. The SMILES string of the molecule is Cc1ccc(C)c(-n2c(SCC(=O)Nc3ccccc3C#N)nnc2-c2ccccc2Cl)c1. The van der Waals surface area contributed by atoms with Gasteiger partial charge in [-0.15, -0.1) is 10.2 Å². The number of nitrogens with one attached hydrogen (secondary N) is 1. The number of thioether (sulfide) groups is 1. The van der Waals surface area contributed by atoms with Crippen LogP contribution in [0.5, 0.6) is 0 Å². The van der Waals surface area contributed by atoms with Gasteiger partial charge in [0, 0.05) is 5.56 Å². The minimum atomic E-state index is -0.238. The standard InChI is InChI=1S/C25H20ClN5OS/c1-16-11-12-17(2)22(13-16)31-24(19-8-4-5-9-20(19)26)29-30-25(31)33-15-23(32)28-21-10-6-3-7-18(21)14-27/h3-13H,15H2,1-2H3,(H,28,32). The molecule has 1 amide bonds. The zero-order valence-electron chi connectivity index (χ0n) is 18.0. The Labute approximate surface area is 201 Å². The molecule has 0 atom stereocenters. The maximum Gasteiger partial charge on any atom is 0.234 e. The molecule has 33 heavy (non-hydrogen) atoms. The molecule has 0 aliphatic heterocycles. The van der Waals surface area contributed by atoms with Crippen LogP contribution in [0.2, 0.25) is 5.02 Å². The molecule has 0 spiro atoms. The highest BCUT2D eigenvalue weighted by molar-refractivity contribution is 7.99. The molecule has 4 rings (SSSR count). The second-order valence-electron chi connectivity index (χ2n) is 7.41. The molecule has 3 aromatic carbocycles. The highest BCUT2D eigenvalue weighted by Gasteiger charge is 2.20. The summed E-state index contributed by atoms with van der Waals surface area (Å²) in [4.78, 5) is 12.6. The van der Waals surface area contributed by atoms with Gasteiger partial charge in [0.1, 0.15) is 6.07 Å². The largest absolute Gasteiger partial charge is 0.324 e. The van der Waals surface area contributed by atoms with Crippen molar-refractivity contribution in [3.05, 3.63) is 88.4 Å². The van der Waals surface area contributed by atoms with Crippen molar-refractivity contribution in [2.45, 2.75) is 19.0 Å². The van der Waals surface area contributed by atoms with Gasteiger partial charge in [0.15, 0.2) is 11.0 Å². The van der Waals surface area contributed by atoms with E-state index in [2.05, 4.69) is 27.6 Å². The first-order valence-electron chi connectivity index (χ1n) is 10.2. The predicted octanol–water partition coefficient (Wildman–Crippen LogP) is 5.81. The number of rotatable bonds is 6. The van der Waals surface area contributed by atoms with Crippen LogP contribution in [0.15, 0.2) is 71.9 Å². The van der Waals surface area contributed by atoms with Crippen molar-refractivity contribution in [3.63, 3.8) is 0 Å². The third-order valence-corrected chi connectivity index (χ3v) is 6.27. The first-order chi connectivity index (χ1) is 16.0. The Morgan fingerprint density at radius 2 is 1.85 bits per heavy atom.